The van der Waals surface area contributed by atoms with Gasteiger partial charge in [0.2, 0.25) is 0 Å². The Bertz CT molecular complexity index is 432. The molecule has 1 fully saturated rings. The summed E-state index contributed by atoms with van der Waals surface area (Å²) in [6.45, 7) is 5.12. The first-order chi connectivity index (χ1) is 9.02. The van der Waals surface area contributed by atoms with Crippen LogP contribution in [-0.2, 0) is 0 Å². The zero-order valence-corrected chi connectivity index (χ0v) is 12.3. The molecule has 0 radical (unpaired) electrons. The molecular weight excluding hydrogens is 265 g/mol. The van der Waals surface area contributed by atoms with Crippen molar-refractivity contribution in [2.45, 2.75) is 51.2 Å². The van der Waals surface area contributed by atoms with E-state index in [9.17, 15) is 4.39 Å². The van der Waals surface area contributed by atoms with Crippen LogP contribution < -0.4 is 10.1 Å². The predicted octanol–water partition coefficient (Wildman–Crippen LogP) is 4.17. The molecule has 1 saturated carbocycles. The molecule has 2 rings (SSSR count). The first-order valence-corrected chi connectivity index (χ1v) is 7.27. The monoisotopic (exact) mass is 285 g/mol. The van der Waals surface area contributed by atoms with Gasteiger partial charge in [-0.05, 0) is 44.4 Å². The molecule has 0 saturated heterocycles. The Balaban J connectivity index is 2.00. The third-order valence-electron chi connectivity index (χ3n) is 3.64. The van der Waals surface area contributed by atoms with E-state index in [1.165, 1.54) is 6.07 Å². The molecular formula is C15H21ClFNO. The molecule has 1 aromatic rings. The van der Waals surface area contributed by atoms with Crippen molar-refractivity contribution in [3.05, 3.63) is 29.0 Å². The summed E-state index contributed by atoms with van der Waals surface area (Å²) in [5.41, 5.74) is -0.215. The fourth-order valence-electron chi connectivity index (χ4n) is 2.36. The van der Waals surface area contributed by atoms with E-state index in [1.54, 1.807) is 12.1 Å². The number of nitrogens with one attached hydrogen (secondary N) is 1. The summed E-state index contributed by atoms with van der Waals surface area (Å²) >= 11 is 5.78. The van der Waals surface area contributed by atoms with Gasteiger partial charge >= 0.3 is 0 Å². The van der Waals surface area contributed by atoms with E-state index in [0.29, 0.717) is 6.04 Å². The second-order valence-electron chi connectivity index (χ2n) is 5.55. The van der Waals surface area contributed by atoms with E-state index in [2.05, 4.69) is 19.2 Å². The molecule has 0 spiro atoms. The Morgan fingerprint density at radius 3 is 2.74 bits per heavy atom. The van der Waals surface area contributed by atoms with Gasteiger partial charge in [-0.3, -0.25) is 0 Å². The third kappa shape index (κ3) is 3.61. The molecule has 19 heavy (non-hydrogen) atoms. The van der Waals surface area contributed by atoms with Gasteiger partial charge < -0.3 is 10.1 Å². The van der Waals surface area contributed by atoms with Gasteiger partial charge in [-0.25, -0.2) is 4.39 Å². The lowest BCUT2D eigenvalue weighted by molar-refractivity contribution is -0.0174. The molecule has 1 aromatic carbocycles. The summed E-state index contributed by atoms with van der Waals surface area (Å²) in [6, 6.07) is 5.37. The molecule has 0 heterocycles. The number of hydrogen-bond acceptors (Lipinski definition) is 2. The topological polar surface area (TPSA) is 21.3 Å². The van der Waals surface area contributed by atoms with Crippen LogP contribution in [-0.4, -0.2) is 18.2 Å². The second-order valence-corrected chi connectivity index (χ2v) is 5.96. The van der Waals surface area contributed by atoms with Crippen LogP contribution in [0.5, 0.6) is 5.75 Å². The van der Waals surface area contributed by atoms with E-state index >= 15 is 0 Å². The van der Waals surface area contributed by atoms with Gasteiger partial charge in [-0.2, -0.15) is 0 Å². The number of benzene rings is 1. The molecule has 0 atom stereocenters. The van der Waals surface area contributed by atoms with Crippen molar-refractivity contribution in [1.29, 1.82) is 0 Å². The van der Waals surface area contributed by atoms with Gasteiger partial charge in [0.05, 0.1) is 5.02 Å². The van der Waals surface area contributed by atoms with E-state index in [0.717, 1.165) is 32.2 Å². The Kier molecular flexibility index (Phi) is 4.69. The van der Waals surface area contributed by atoms with Crippen molar-refractivity contribution < 1.29 is 9.13 Å². The maximum atomic E-state index is 13.9. The van der Waals surface area contributed by atoms with Crippen molar-refractivity contribution in [2.75, 3.05) is 6.54 Å². The molecule has 0 bridgehead atoms. The van der Waals surface area contributed by atoms with Gasteiger partial charge in [0.25, 0.3) is 0 Å². The van der Waals surface area contributed by atoms with Crippen LogP contribution in [0.15, 0.2) is 18.2 Å². The molecule has 2 nitrogen and oxygen atoms in total. The summed E-state index contributed by atoms with van der Waals surface area (Å²) in [5.74, 6) is -0.177. The molecule has 0 amide bonds. The van der Waals surface area contributed by atoms with Crippen LogP contribution in [0.1, 0.15) is 39.5 Å². The highest BCUT2D eigenvalue weighted by Crippen LogP contribution is 2.40. The third-order valence-corrected chi connectivity index (χ3v) is 3.93. The smallest absolute Gasteiger partial charge is 0.183 e. The van der Waals surface area contributed by atoms with Gasteiger partial charge in [-0.15, -0.1) is 0 Å². The van der Waals surface area contributed by atoms with Crippen LogP contribution in [0.4, 0.5) is 4.39 Å². The minimum absolute atomic E-state index is 0.118. The lowest BCUT2D eigenvalue weighted by atomic mass is 9.77. The van der Waals surface area contributed by atoms with Gasteiger partial charge in [-0.1, -0.05) is 31.5 Å². The summed E-state index contributed by atoms with van der Waals surface area (Å²) in [5, 5.41) is 3.50. The molecule has 0 aromatic heterocycles. The van der Waals surface area contributed by atoms with Crippen LogP contribution in [0, 0.1) is 5.82 Å². The summed E-state index contributed by atoms with van der Waals surface area (Å²) < 4.78 is 19.8. The zero-order chi connectivity index (χ0) is 13.9. The van der Waals surface area contributed by atoms with E-state index in [1.807, 2.05) is 0 Å². The van der Waals surface area contributed by atoms with E-state index in [-0.39, 0.29) is 16.4 Å². The molecule has 0 aliphatic heterocycles. The van der Waals surface area contributed by atoms with Gasteiger partial charge in [0.1, 0.15) is 5.60 Å². The summed E-state index contributed by atoms with van der Waals surface area (Å²) in [4.78, 5) is 0. The maximum absolute atomic E-state index is 13.9. The van der Waals surface area contributed by atoms with Crippen LogP contribution in [0.2, 0.25) is 5.02 Å². The Hall–Kier alpha value is -0.800. The molecule has 106 valence electrons. The maximum Gasteiger partial charge on any atom is 0.183 e. The predicted molar refractivity (Wildman–Crippen MR) is 76.4 cm³/mol. The molecule has 4 heteroatoms. The Morgan fingerprint density at radius 2 is 2.16 bits per heavy atom. The Morgan fingerprint density at radius 1 is 1.42 bits per heavy atom. The first-order valence-electron chi connectivity index (χ1n) is 6.89. The minimum atomic E-state index is -0.452. The van der Waals surface area contributed by atoms with Gasteiger partial charge in [0.15, 0.2) is 11.6 Å². The van der Waals surface area contributed by atoms with Crippen molar-refractivity contribution in [1.82, 2.24) is 5.32 Å². The number of ether oxygens (including phenoxy) is 1. The van der Waals surface area contributed by atoms with Crippen LogP contribution in [0.3, 0.4) is 0 Å². The van der Waals surface area contributed by atoms with E-state index in [4.69, 9.17) is 16.3 Å². The van der Waals surface area contributed by atoms with Crippen molar-refractivity contribution in [2.24, 2.45) is 0 Å². The number of hydrogen-bond donors (Lipinski definition) is 1. The SMILES string of the molecule is CC(C)NCCC1(Oc2cccc(Cl)c2F)CCC1. The van der Waals surface area contributed by atoms with Crippen molar-refractivity contribution >= 4 is 11.6 Å². The summed E-state index contributed by atoms with van der Waals surface area (Å²) in [7, 11) is 0. The lowest BCUT2D eigenvalue weighted by Crippen LogP contribution is -2.46. The quantitative estimate of drug-likeness (QED) is 0.847. The van der Waals surface area contributed by atoms with Crippen LogP contribution >= 0.6 is 11.6 Å². The van der Waals surface area contributed by atoms with Crippen molar-refractivity contribution in [3.63, 3.8) is 0 Å². The normalized spacial score (nSPS) is 17.3. The van der Waals surface area contributed by atoms with Crippen molar-refractivity contribution in [3.8, 4) is 5.75 Å². The Labute approximate surface area is 119 Å². The molecule has 0 unspecified atom stereocenters. The van der Waals surface area contributed by atoms with Crippen LogP contribution in [0.25, 0.3) is 0 Å². The fraction of sp³-hybridized carbons (Fsp3) is 0.600. The van der Waals surface area contributed by atoms with Gasteiger partial charge in [0, 0.05) is 6.04 Å². The fourth-order valence-corrected chi connectivity index (χ4v) is 2.52. The molecule has 1 aliphatic carbocycles. The minimum Gasteiger partial charge on any atom is -0.484 e. The zero-order valence-electron chi connectivity index (χ0n) is 11.5. The first kappa shape index (κ1) is 14.6. The average molecular weight is 286 g/mol. The number of rotatable bonds is 6. The van der Waals surface area contributed by atoms with E-state index < -0.39 is 5.82 Å². The highest BCUT2D eigenvalue weighted by molar-refractivity contribution is 6.30. The summed E-state index contributed by atoms with van der Waals surface area (Å²) in [6.07, 6.45) is 4.01. The molecule has 1 N–H and O–H groups in total. The highest BCUT2D eigenvalue weighted by atomic mass is 35.5. The second kappa shape index (κ2) is 6.10. The standard InChI is InChI=1S/C15H21ClFNO/c1-11(2)18-10-9-15(7-4-8-15)19-13-6-3-5-12(16)14(13)17/h3,5-6,11,18H,4,7-10H2,1-2H3. The highest BCUT2D eigenvalue weighted by Gasteiger charge is 2.39. The molecule has 1 aliphatic rings. The average Bonchev–Trinajstić information content (AvgIpc) is 2.31. The number of halogens is 2. The largest absolute Gasteiger partial charge is 0.484 e. The lowest BCUT2D eigenvalue weighted by Gasteiger charge is -2.42.